The lowest BCUT2D eigenvalue weighted by atomic mass is 9.92. The standard InChI is InChI=1S/C27H25Cl2N3O/c28-21-8-6-20(7-9-21)24-17-25-23-16-22(29)10-11-26(23)33-27(32(25)30-24)12-14-31(15-13-27)18-19-4-2-1-3-5-19/h1-11,16-17,25,30H,12-15,18H2/p+1. The Balaban J connectivity index is 1.29. The van der Waals surface area contributed by atoms with Gasteiger partial charge in [0.15, 0.2) is 5.72 Å². The van der Waals surface area contributed by atoms with Crippen molar-refractivity contribution in [1.29, 1.82) is 0 Å². The third kappa shape index (κ3) is 3.91. The Morgan fingerprint density at radius 3 is 2.42 bits per heavy atom. The van der Waals surface area contributed by atoms with Gasteiger partial charge in [-0.25, -0.2) is 0 Å². The fourth-order valence-electron chi connectivity index (χ4n) is 5.34. The van der Waals surface area contributed by atoms with Crippen molar-refractivity contribution in [2.45, 2.75) is 31.2 Å². The largest absolute Gasteiger partial charge is 0.470 e. The maximum absolute atomic E-state index is 6.77. The van der Waals surface area contributed by atoms with Crippen LogP contribution in [0, 0.1) is 0 Å². The highest BCUT2D eigenvalue weighted by molar-refractivity contribution is 6.31. The predicted octanol–water partition coefficient (Wildman–Crippen LogP) is 4.86. The topological polar surface area (TPSA) is 28.9 Å². The van der Waals surface area contributed by atoms with Crippen LogP contribution in [0.25, 0.3) is 5.70 Å². The molecule has 168 valence electrons. The third-order valence-electron chi connectivity index (χ3n) is 7.06. The van der Waals surface area contributed by atoms with E-state index in [1.54, 1.807) is 4.90 Å². The van der Waals surface area contributed by atoms with E-state index in [2.05, 4.69) is 59.0 Å². The van der Waals surface area contributed by atoms with Gasteiger partial charge in [-0.1, -0.05) is 65.7 Å². The molecular weight excluding hydrogens is 453 g/mol. The van der Waals surface area contributed by atoms with E-state index in [0.29, 0.717) is 0 Å². The quantitative estimate of drug-likeness (QED) is 0.562. The first kappa shape index (κ1) is 21.1. The molecule has 33 heavy (non-hydrogen) atoms. The van der Waals surface area contributed by atoms with Crippen LogP contribution < -0.4 is 15.1 Å². The fourth-order valence-corrected chi connectivity index (χ4v) is 5.65. The van der Waals surface area contributed by atoms with Crippen molar-refractivity contribution >= 4 is 28.9 Å². The maximum Gasteiger partial charge on any atom is 0.191 e. The number of hydrazine groups is 1. The normalized spacial score (nSPS) is 26.2. The van der Waals surface area contributed by atoms with Crippen molar-refractivity contribution in [2.75, 3.05) is 13.1 Å². The summed E-state index contributed by atoms with van der Waals surface area (Å²) in [4.78, 5) is 1.60. The molecule has 1 spiro atoms. The number of quaternary nitrogens is 1. The first-order valence-corrected chi connectivity index (χ1v) is 12.2. The van der Waals surface area contributed by atoms with Gasteiger partial charge < -0.3 is 15.1 Å². The van der Waals surface area contributed by atoms with Crippen molar-refractivity contribution in [3.63, 3.8) is 0 Å². The first-order valence-electron chi connectivity index (χ1n) is 11.5. The SMILES string of the molecule is Clc1ccc(C2=CC3c4cc(Cl)ccc4OC4(CC[NH+](Cc5ccccc5)CC4)N3N2)cc1. The molecule has 1 unspecified atom stereocenters. The van der Waals surface area contributed by atoms with E-state index in [9.17, 15) is 0 Å². The molecule has 3 aliphatic heterocycles. The van der Waals surface area contributed by atoms with Crippen molar-refractivity contribution < 1.29 is 9.64 Å². The smallest absolute Gasteiger partial charge is 0.191 e. The molecule has 0 aliphatic carbocycles. The molecule has 1 fully saturated rings. The zero-order chi connectivity index (χ0) is 22.4. The molecule has 3 aliphatic rings. The monoisotopic (exact) mass is 478 g/mol. The molecule has 0 radical (unpaired) electrons. The van der Waals surface area contributed by atoms with Crippen molar-refractivity contribution in [3.8, 4) is 5.75 Å². The van der Waals surface area contributed by atoms with E-state index in [1.807, 2.05) is 30.3 Å². The number of fused-ring (bicyclic) bond motifs is 4. The highest BCUT2D eigenvalue weighted by Crippen LogP contribution is 2.48. The van der Waals surface area contributed by atoms with E-state index in [4.69, 9.17) is 27.9 Å². The summed E-state index contributed by atoms with van der Waals surface area (Å²) < 4.78 is 6.77. The summed E-state index contributed by atoms with van der Waals surface area (Å²) >= 11 is 12.5. The number of piperidine rings is 1. The number of rotatable bonds is 3. The van der Waals surface area contributed by atoms with Gasteiger partial charge in [0, 0.05) is 21.2 Å². The second kappa shape index (κ2) is 8.37. The van der Waals surface area contributed by atoms with Gasteiger partial charge in [-0.2, -0.15) is 5.01 Å². The first-order chi connectivity index (χ1) is 16.1. The molecule has 0 bridgehead atoms. The molecule has 1 saturated heterocycles. The van der Waals surface area contributed by atoms with E-state index in [-0.39, 0.29) is 6.04 Å². The van der Waals surface area contributed by atoms with Crippen LogP contribution in [0.4, 0.5) is 0 Å². The van der Waals surface area contributed by atoms with Gasteiger partial charge in [0.1, 0.15) is 12.3 Å². The Morgan fingerprint density at radius 1 is 0.939 bits per heavy atom. The summed E-state index contributed by atoms with van der Waals surface area (Å²) in [5, 5.41) is 3.78. The van der Waals surface area contributed by atoms with Gasteiger partial charge in [-0.15, -0.1) is 0 Å². The lowest BCUT2D eigenvalue weighted by molar-refractivity contribution is -0.921. The zero-order valence-corrected chi connectivity index (χ0v) is 19.7. The second-order valence-corrected chi connectivity index (χ2v) is 10.0. The Bertz CT molecular complexity index is 1190. The van der Waals surface area contributed by atoms with Gasteiger partial charge in [0.2, 0.25) is 0 Å². The highest BCUT2D eigenvalue weighted by atomic mass is 35.5. The maximum atomic E-state index is 6.77. The van der Waals surface area contributed by atoms with Crippen LogP contribution in [0.3, 0.4) is 0 Å². The average molecular weight is 479 g/mol. The molecule has 6 rings (SSSR count). The third-order valence-corrected chi connectivity index (χ3v) is 7.55. The van der Waals surface area contributed by atoms with Gasteiger partial charge >= 0.3 is 0 Å². The molecule has 0 aromatic heterocycles. The number of hydrogen-bond donors (Lipinski definition) is 2. The Morgan fingerprint density at radius 2 is 1.67 bits per heavy atom. The Hall–Kier alpha value is -2.50. The molecule has 2 N–H and O–H groups in total. The minimum Gasteiger partial charge on any atom is -0.470 e. The van der Waals surface area contributed by atoms with Crippen molar-refractivity contribution in [1.82, 2.24) is 10.4 Å². The van der Waals surface area contributed by atoms with Crippen LogP contribution >= 0.6 is 23.2 Å². The second-order valence-electron chi connectivity index (χ2n) is 9.16. The van der Waals surface area contributed by atoms with E-state index < -0.39 is 5.72 Å². The number of benzene rings is 3. The fraction of sp³-hybridized carbons (Fsp3) is 0.259. The Labute approximate surface area is 204 Å². The van der Waals surface area contributed by atoms with Gasteiger partial charge in [0.25, 0.3) is 0 Å². The molecular formula is C27H26Cl2N3O+. The summed E-state index contributed by atoms with van der Waals surface area (Å²) in [6.07, 6.45) is 4.18. The molecule has 1 atom stereocenters. The molecule has 4 nitrogen and oxygen atoms in total. The lowest BCUT2D eigenvalue weighted by Crippen LogP contribution is -3.12. The average Bonchev–Trinajstić information content (AvgIpc) is 3.29. The van der Waals surface area contributed by atoms with Crippen LogP contribution in [-0.2, 0) is 6.54 Å². The number of nitrogens with zero attached hydrogens (tertiary/aromatic N) is 1. The summed E-state index contributed by atoms with van der Waals surface area (Å²) in [7, 11) is 0. The molecule has 0 saturated carbocycles. The molecule has 6 heteroatoms. The van der Waals surface area contributed by atoms with E-state index >= 15 is 0 Å². The van der Waals surface area contributed by atoms with E-state index in [0.717, 1.165) is 65.1 Å². The van der Waals surface area contributed by atoms with Gasteiger partial charge in [-0.05, 0) is 42.0 Å². The van der Waals surface area contributed by atoms with Crippen LogP contribution in [-0.4, -0.2) is 23.8 Å². The number of nitrogens with one attached hydrogen (secondary N) is 2. The van der Waals surface area contributed by atoms with Crippen LogP contribution in [0.5, 0.6) is 5.75 Å². The number of hydrogen-bond acceptors (Lipinski definition) is 3. The Kier molecular flexibility index (Phi) is 5.34. The van der Waals surface area contributed by atoms with Crippen LogP contribution in [0.15, 0.2) is 78.9 Å². The number of ether oxygens (including phenoxy) is 1. The van der Waals surface area contributed by atoms with Crippen LogP contribution in [0.2, 0.25) is 10.0 Å². The predicted molar refractivity (Wildman–Crippen MR) is 132 cm³/mol. The zero-order valence-electron chi connectivity index (χ0n) is 18.2. The summed E-state index contributed by atoms with van der Waals surface area (Å²) in [5.41, 5.74) is 7.97. The molecule has 3 aromatic carbocycles. The van der Waals surface area contributed by atoms with Crippen LogP contribution in [0.1, 0.15) is 35.6 Å². The van der Waals surface area contributed by atoms with Crippen molar-refractivity contribution in [2.24, 2.45) is 0 Å². The van der Waals surface area contributed by atoms with Crippen molar-refractivity contribution in [3.05, 3.63) is 106 Å². The van der Waals surface area contributed by atoms with E-state index in [1.165, 1.54) is 5.56 Å². The molecule has 0 amide bonds. The lowest BCUT2D eigenvalue weighted by Gasteiger charge is -2.50. The summed E-state index contributed by atoms with van der Waals surface area (Å²) in [6.45, 7) is 3.16. The number of likely N-dealkylation sites (tertiary alicyclic amines) is 1. The highest BCUT2D eigenvalue weighted by Gasteiger charge is 2.52. The summed E-state index contributed by atoms with van der Waals surface area (Å²) in [6, 6.07) is 24.8. The molecule has 3 heterocycles. The van der Waals surface area contributed by atoms with Gasteiger partial charge in [-0.3, -0.25) is 0 Å². The minimum atomic E-state index is -0.393. The minimum absolute atomic E-state index is 0.0637. The summed E-state index contributed by atoms with van der Waals surface area (Å²) in [5.74, 6) is 0.933. The number of halogens is 2. The molecule has 3 aromatic rings. The van der Waals surface area contributed by atoms with Gasteiger partial charge in [0.05, 0.1) is 37.7 Å².